The molecule has 2 aliphatic rings. The van der Waals surface area contributed by atoms with Gasteiger partial charge in [0.1, 0.15) is 0 Å². The maximum absolute atomic E-state index is 12.9. The summed E-state index contributed by atoms with van der Waals surface area (Å²) in [4.78, 5) is 25.3. The summed E-state index contributed by atoms with van der Waals surface area (Å²) in [5, 5.41) is 9.25. The van der Waals surface area contributed by atoms with Crippen LogP contribution in [-0.4, -0.2) is 42.5 Å². The first kappa shape index (κ1) is 24.7. The van der Waals surface area contributed by atoms with Gasteiger partial charge in [-0.15, -0.1) is 0 Å². The Morgan fingerprint density at radius 2 is 1.89 bits per heavy atom. The molecule has 0 spiro atoms. The van der Waals surface area contributed by atoms with Gasteiger partial charge in [0.05, 0.1) is 19.4 Å². The van der Waals surface area contributed by atoms with Crippen LogP contribution in [0.4, 0.5) is 4.39 Å². The molecule has 1 atom stereocenters. The molecule has 0 radical (unpaired) electrons. The predicted molar refractivity (Wildman–Crippen MR) is 131 cm³/mol. The fourth-order valence-electron chi connectivity index (χ4n) is 4.72. The van der Waals surface area contributed by atoms with Gasteiger partial charge in [-0.3, -0.25) is 9.59 Å². The lowest BCUT2D eigenvalue weighted by molar-refractivity contribution is -0.133. The second-order valence-electron chi connectivity index (χ2n) is 9.02. The average Bonchev–Trinajstić information content (AvgIpc) is 3.38. The van der Waals surface area contributed by atoms with Crippen molar-refractivity contribution in [3.63, 3.8) is 0 Å². The van der Waals surface area contributed by atoms with E-state index in [9.17, 15) is 14.0 Å². The van der Waals surface area contributed by atoms with Gasteiger partial charge in [-0.1, -0.05) is 31.9 Å². The van der Waals surface area contributed by atoms with Crippen molar-refractivity contribution in [1.29, 1.82) is 0 Å². The van der Waals surface area contributed by atoms with Crippen molar-refractivity contribution >= 4 is 17.5 Å². The van der Waals surface area contributed by atoms with E-state index in [1.54, 1.807) is 24.3 Å². The molecular weight excluding hydrogens is 449 g/mol. The van der Waals surface area contributed by atoms with Crippen LogP contribution >= 0.6 is 0 Å². The van der Waals surface area contributed by atoms with Gasteiger partial charge in [0, 0.05) is 29.5 Å². The molecule has 1 aliphatic carbocycles. The van der Waals surface area contributed by atoms with E-state index in [1.165, 1.54) is 12.1 Å². The molecule has 0 bridgehead atoms. The maximum Gasteiger partial charge on any atom is 0.251 e. The van der Waals surface area contributed by atoms with Gasteiger partial charge < -0.3 is 14.8 Å². The van der Waals surface area contributed by atoms with Crippen LogP contribution in [0.25, 0.3) is 0 Å². The molecule has 2 amide bonds. The van der Waals surface area contributed by atoms with Gasteiger partial charge in [-0.05, 0) is 55.2 Å². The maximum atomic E-state index is 12.9. The lowest BCUT2D eigenvalue weighted by Crippen LogP contribution is -2.36. The SMILES string of the molecule is CCC1CC(=O)N(Cc2ccc(C(=O)NC3CCCC3)cc2)N=C1c1ccc(OC)c(OCF)c1. The molecule has 2 aromatic carbocycles. The van der Waals surface area contributed by atoms with E-state index in [-0.39, 0.29) is 23.8 Å². The first-order valence-corrected chi connectivity index (χ1v) is 12.2. The minimum Gasteiger partial charge on any atom is -0.493 e. The first-order chi connectivity index (χ1) is 17.0. The number of rotatable bonds is 9. The van der Waals surface area contributed by atoms with E-state index < -0.39 is 6.86 Å². The first-order valence-electron chi connectivity index (χ1n) is 12.2. The monoisotopic (exact) mass is 481 g/mol. The fourth-order valence-corrected chi connectivity index (χ4v) is 4.72. The summed E-state index contributed by atoms with van der Waals surface area (Å²) in [6.45, 7) is 1.34. The number of ether oxygens (including phenoxy) is 2. The highest BCUT2D eigenvalue weighted by Crippen LogP contribution is 2.32. The Morgan fingerprint density at radius 3 is 2.54 bits per heavy atom. The fraction of sp³-hybridized carbons (Fsp3) is 0.444. The Labute approximate surface area is 205 Å². The summed E-state index contributed by atoms with van der Waals surface area (Å²) in [5.74, 6) is 0.555. The molecule has 0 saturated heterocycles. The number of carbonyl (C=O) groups excluding carboxylic acids is 2. The van der Waals surface area contributed by atoms with E-state index >= 15 is 0 Å². The molecule has 1 unspecified atom stereocenters. The molecule has 4 rings (SSSR count). The van der Waals surface area contributed by atoms with E-state index in [2.05, 4.69) is 5.32 Å². The zero-order valence-corrected chi connectivity index (χ0v) is 20.3. The van der Waals surface area contributed by atoms with Gasteiger partial charge in [-0.25, -0.2) is 9.40 Å². The molecule has 35 heavy (non-hydrogen) atoms. The second kappa shape index (κ2) is 11.3. The summed E-state index contributed by atoms with van der Waals surface area (Å²) < 4.78 is 23.2. The van der Waals surface area contributed by atoms with Crippen molar-refractivity contribution in [1.82, 2.24) is 10.3 Å². The van der Waals surface area contributed by atoms with Crippen molar-refractivity contribution in [3.8, 4) is 11.5 Å². The van der Waals surface area contributed by atoms with Crippen LogP contribution in [-0.2, 0) is 11.3 Å². The molecule has 1 N–H and O–H groups in total. The molecule has 1 saturated carbocycles. The average molecular weight is 482 g/mol. The van der Waals surface area contributed by atoms with Gasteiger partial charge in [0.15, 0.2) is 11.5 Å². The summed E-state index contributed by atoms with van der Waals surface area (Å²) in [5.41, 5.74) is 3.01. The molecular formula is C27H32FN3O4. The Balaban J connectivity index is 1.52. The molecule has 1 aliphatic heterocycles. The molecule has 1 fully saturated rings. The number of hydrogen-bond acceptors (Lipinski definition) is 5. The summed E-state index contributed by atoms with van der Waals surface area (Å²) in [6, 6.07) is 12.8. The third kappa shape index (κ3) is 5.81. The lowest BCUT2D eigenvalue weighted by atomic mass is 9.89. The van der Waals surface area contributed by atoms with Gasteiger partial charge in [0.2, 0.25) is 12.8 Å². The van der Waals surface area contributed by atoms with Crippen LogP contribution in [0.5, 0.6) is 11.5 Å². The molecule has 8 heteroatoms. The number of methoxy groups -OCH3 is 1. The second-order valence-corrected chi connectivity index (χ2v) is 9.02. The number of hydrazone groups is 1. The minimum absolute atomic E-state index is 0.0490. The highest BCUT2D eigenvalue weighted by Gasteiger charge is 2.30. The summed E-state index contributed by atoms with van der Waals surface area (Å²) >= 11 is 0. The summed E-state index contributed by atoms with van der Waals surface area (Å²) in [7, 11) is 1.50. The van der Waals surface area contributed by atoms with Crippen LogP contribution in [0.3, 0.4) is 0 Å². The van der Waals surface area contributed by atoms with Gasteiger partial charge in [-0.2, -0.15) is 5.10 Å². The van der Waals surface area contributed by atoms with Gasteiger partial charge in [0.25, 0.3) is 5.91 Å². The quantitative estimate of drug-likeness (QED) is 0.556. The van der Waals surface area contributed by atoms with Crippen LogP contribution in [0.1, 0.15) is 66.9 Å². The number of carbonyl (C=O) groups is 2. The number of nitrogens with one attached hydrogen (secondary N) is 1. The summed E-state index contributed by atoms with van der Waals surface area (Å²) in [6.07, 6.45) is 5.48. The lowest BCUT2D eigenvalue weighted by Gasteiger charge is -2.29. The van der Waals surface area contributed by atoms with Crippen LogP contribution in [0.15, 0.2) is 47.6 Å². The number of alkyl halides is 1. The molecule has 7 nitrogen and oxygen atoms in total. The highest BCUT2D eigenvalue weighted by atomic mass is 19.1. The van der Waals surface area contributed by atoms with Crippen LogP contribution in [0, 0.1) is 5.92 Å². The third-order valence-electron chi connectivity index (χ3n) is 6.73. The van der Waals surface area contributed by atoms with E-state index in [1.807, 2.05) is 25.1 Å². The smallest absolute Gasteiger partial charge is 0.251 e. The number of benzene rings is 2. The zero-order valence-electron chi connectivity index (χ0n) is 20.3. The Hall–Kier alpha value is -3.42. The van der Waals surface area contributed by atoms with Crippen LogP contribution in [0.2, 0.25) is 0 Å². The molecule has 186 valence electrons. The van der Waals surface area contributed by atoms with Crippen molar-refractivity contribution < 1.29 is 23.5 Å². The Morgan fingerprint density at radius 1 is 1.14 bits per heavy atom. The van der Waals surface area contributed by atoms with Crippen molar-refractivity contribution in [3.05, 3.63) is 59.2 Å². The topological polar surface area (TPSA) is 80.2 Å². The molecule has 1 heterocycles. The largest absolute Gasteiger partial charge is 0.493 e. The number of halogens is 1. The number of nitrogens with zero attached hydrogens (tertiary/aromatic N) is 2. The Kier molecular flexibility index (Phi) is 8.00. The number of amides is 2. The van der Waals surface area contributed by atoms with Gasteiger partial charge >= 0.3 is 0 Å². The number of hydrogen-bond donors (Lipinski definition) is 1. The zero-order chi connectivity index (χ0) is 24.8. The van der Waals surface area contributed by atoms with Crippen molar-refractivity contribution in [2.45, 2.75) is 58.0 Å². The van der Waals surface area contributed by atoms with Crippen molar-refractivity contribution in [2.24, 2.45) is 11.0 Å². The predicted octanol–water partition coefficient (Wildman–Crippen LogP) is 4.84. The van der Waals surface area contributed by atoms with E-state index in [0.717, 1.165) is 48.9 Å². The van der Waals surface area contributed by atoms with Crippen molar-refractivity contribution in [2.75, 3.05) is 14.0 Å². The normalized spacial score (nSPS) is 18.4. The minimum atomic E-state index is -0.969. The van der Waals surface area contributed by atoms with Crippen LogP contribution < -0.4 is 14.8 Å². The molecule has 2 aromatic rings. The van der Waals surface area contributed by atoms with E-state index in [4.69, 9.17) is 14.6 Å². The van der Waals surface area contributed by atoms with E-state index in [0.29, 0.717) is 30.0 Å². The Bertz CT molecular complexity index is 1080. The molecule has 0 aromatic heterocycles. The standard InChI is InChI=1S/C27H32FN3O4/c1-3-19-15-25(32)31(30-26(19)21-12-13-23(34-2)24(14-21)35-17-28)16-18-8-10-20(11-9-18)27(33)29-22-6-4-5-7-22/h8-14,19,22H,3-7,15-17H2,1-2H3,(H,29,33). The highest BCUT2D eigenvalue weighted by molar-refractivity contribution is 6.06. The third-order valence-corrected chi connectivity index (χ3v) is 6.73.